The summed E-state index contributed by atoms with van der Waals surface area (Å²) in [5, 5.41) is 3.50. The van der Waals surface area contributed by atoms with Gasteiger partial charge >= 0.3 is 0 Å². The highest BCUT2D eigenvalue weighted by Crippen LogP contribution is 2.17. The molecule has 19 heavy (non-hydrogen) atoms. The van der Waals surface area contributed by atoms with Crippen LogP contribution in [0.15, 0.2) is 53.1 Å². The number of likely N-dealkylation sites (N-methyl/N-ethyl adjacent to an activating group) is 1. The predicted molar refractivity (Wildman–Crippen MR) is 78.2 cm³/mol. The van der Waals surface area contributed by atoms with Crippen LogP contribution < -0.4 is 5.32 Å². The second-order valence-electron chi connectivity index (χ2n) is 4.93. The summed E-state index contributed by atoms with van der Waals surface area (Å²) in [6.45, 7) is 1.88. The maximum atomic E-state index is 5.49. The van der Waals surface area contributed by atoms with E-state index >= 15 is 0 Å². The molecule has 3 heteroatoms. The van der Waals surface area contributed by atoms with E-state index in [-0.39, 0.29) is 6.04 Å². The minimum absolute atomic E-state index is 0.283. The van der Waals surface area contributed by atoms with Crippen LogP contribution in [0.3, 0.4) is 0 Å². The van der Waals surface area contributed by atoms with Gasteiger partial charge in [-0.05, 0) is 44.8 Å². The smallest absolute Gasteiger partial charge is 0.122 e. The molecule has 0 spiro atoms. The summed E-state index contributed by atoms with van der Waals surface area (Å²) in [5.74, 6) is 1.01. The van der Waals surface area contributed by atoms with Crippen molar-refractivity contribution in [3.8, 4) is 0 Å². The van der Waals surface area contributed by atoms with Gasteiger partial charge in [0.15, 0.2) is 0 Å². The Morgan fingerprint density at radius 2 is 1.89 bits per heavy atom. The van der Waals surface area contributed by atoms with Gasteiger partial charge < -0.3 is 9.73 Å². The van der Waals surface area contributed by atoms with Crippen molar-refractivity contribution >= 4 is 0 Å². The third-order valence-corrected chi connectivity index (χ3v) is 3.27. The van der Waals surface area contributed by atoms with Crippen molar-refractivity contribution in [1.82, 2.24) is 10.2 Å². The van der Waals surface area contributed by atoms with E-state index in [1.165, 1.54) is 5.56 Å². The van der Waals surface area contributed by atoms with Crippen LogP contribution in [0.1, 0.15) is 17.4 Å². The molecule has 1 N–H and O–H groups in total. The van der Waals surface area contributed by atoms with Gasteiger partial charge in [-0.1, -0.05) is 30.3 Å². The Balaban J connectivity index is 1.77. The Kier molecular flexibility index (Phi) is 5.19. The van der Waals surface area contributed by atoms with E-state index in [4.69, 9.17) is 4.42 Å². The molecular formula is C16H22N2O. The second-order valence-corrected chi connectivity index (χ2v) is 4.93. The highest BCUT2D eigenvalue weighted by atomic mass is 16.3. The Morgan fingerprint density at radius 3 is 2.53 bits per heavy atom. The van der Waals surface area contributed by atoms with Crippen LogP contribution in [-0.4, -0.2) is 32.1 Å². The number of benzene rings is 1. The molecule has 2 rings (SSSR count). The SMILES string of the molecule is CN(C)C(CNCCc1ccccc1)c1ccco1. The van der Waals surface area contributed by atoms with Crippen molar-refractivity contribution in [2.75, 3.05) is 27.2 Å². The third-order valence-electron chi connectivity index (χ3n) is 3.27. The van der Waals surface area contributed by atoms with Crippen molar-refractivity contribution in [2.45, 2.75) is 12.5 Å². The van der Waals surface area contributed by atoms with E-state index in [0.29, 0.717) is 0 Å². The number of nitrogens with zero attached hydrogens (tertiary/aromatic N) is 1. The molecule has 0 radical (unpaired) electrons. The topological polar surface area (TPSA) is 28.4 Å². The average Bonchev–Trinajstić information content (AvgIpc) is 2.93. The zero-order valence-electron chi connectivity index (χ0n) is 11.7. The average molecular weight is 258 g/mol. The van der Waals surface area contributed by atoms with Gasteiger partial charge in [-0.2, -0.15) is 0 Å². The van der Waals surface area contributed by atoms with Crippen LogP contribution in [0.25, 0.3) is 0 Å². The van der Waals surface area contributed by atoms with Gasteiger partial charge in [-0.25, -0.2) is 0 Å². The largest absolute Gasteiger partial charge is 0.468 e. The summed E-state index contributed by atoms with van der Waals surface area (Å²) in [6, 6.07) is 14.8. The summed E-state index contributed by atoms with van der Waals surface area (Å²) in [7, 11) is 4.15. The van der Waals surface area contributed by atoms with Crippen LogP contribution in [0.2, 0.25) is 0 Å². The minimum atomic E-state index is 0.283. The van der Waals surface area contributed by atoms with Gasteiger partial charge in [-0.3, -0.25) is 4.90 Å². The van der Waals surface area contributed by atoms with Crippen LogP contribution in [0.4, 0.5) is 0 Å². The molecule has 3 nitrogen and oxygen atoms in total. The lowest BCUT2D eigenvalue weighted by atomic mass is 10.1. The van der Waals surface area contributed by atoms with E-state index in [1.54, 1.807) is 6.26 Å². The highest BCUT2D eigenvalue weighted by Gasteiger charge is 2.15. The standard InChI is InChI=1S/C16H22N2O/c1-18(2)15(16-9-6-12-19-16)13-17-11-10-14-7-4-3-5-8-14/h3-9,12,15,17H,10-11,13H2,1-2H3. The molecular weight excluding hydrogens is 236 g/mol. The van der Waals surface area contributed by atoms with E-state index in [9.17, 15) is 0 Å². The Bertz CT molecular complexity index is 451. The number of furan rings is 1. The molecule has 0 aliphatic heterocycles. The fourth-order valence-electron chi connectivity index (χ4n) is 2.13. The maximum Gasteiger partial charge on any atom is 0.122 e. The van der Waals surface area contributed by atoms with Gasteiger partial charge in [0.2, 0.25) is 0 Å². The molecule has 102 valence electrons. The van der Waals surface area contributed by atoms with Crippen molar-refractivity contribution in [1.29, 1.82) is 0 Å². The minimum Gasteiger partial charge on any atom is -0.468 e. The van der Waals surface area contributed by atoms with E-state index < -0.39 is 0 Å². The predicted octanol–water partition coefficient (Wildman–Crippen LogP) is 2.71. The van der Waals surface area contributed by atoms with E-state index in [0.717, 1.165) is 25.3 Å². The molecule has 0 fully saturated rings. The molecule has 1 heterocycles. The lowest BCUT2D eigenvalue weighted by Gasteiger charge is -2.22. The molecule has 1 unspecified atom stereocenters. The summed E-state index contributed by atoms with van der Waals surface area (Å²) in [6.07, 6.45) is 2.79. The fourth-order valence-corrected chi connectivity index (χ4v) is 2.13. The number of hydrogen-bond acceptors (Lipinski definition) is 3. The summed E-state index contributed by atoms with van der Waals surface area (Å²) in [4.78, 5) is 2.17. The van der Waals surface area contributed by atoms with Crippen molar-refractivity contribution < 1.29 is 4.42 Å². The van der Waals surface area contributed by atoms with Gasteiger partial charge in [-0.15, -0.1) is 0 Å². The quantitative estimate of drug-likeness (QED) is 0.774. The maximum absolute atomic E-state index is 5.49. The van der Waals surface area contributed by atoms with Gasteiger partial charge in [0.05, 0.1) is 12.3 Å². The van der Waals surface area contributed by atoms with Gasteiger partial charge in [0.1, 0.15) is 5.76 Å². The molecule has 0 saturated carbocycles. The lowest BCUT2D eigenvalue weighted by molar-refractivity contribution is 0.251. The molecule has 1 aromatic carbocycles. The zero-order chi connectivity index (χ0) is 13.5. The third kappa shape index (κ3) is 4.23. The molecule has 0 aliphatic rings. The van der Waals surface area contributed by atoms with Crippen molar-refractivity contribution in [2.24, 2.45) is 0 Å². The van der Waals surface area contributed by atoms with E-state index in [2.05, 4.69) is 54.6 Å². The summed E-state index contributed by atoms with van der Waals surface area (Å²) >= 11 is 0. The summed E-state index contributed by atoms with van der Waals surface area (Å²) in [5.41, 5.74) is 1.37. The number of nitrogens with one attached hydrogen (secondary N) is 1. The Hall–Kier alpha value is -1.58. The van der Waals surface area contributed by atoms with Crippen LogP contribution >= 0.6 is 0 Å². The molecule has 0 saturated heterocycles. The van der Waals surface area contributed by atoms with Gasteiger partial charge in [0.25, 0.3) is 0 Å². The first-order chi connectivity index (χ1) is 9.27. The molecule has 2 aromatic rings. The highest BCUT2D eigenvalue weighted by molar-refractivity contribution is 5.14. The fraction of sp³-hybridized carbons (Fsp3) is 0.375. The summed E-state index contributed by atoms with van der Waals surface area (Å²) < 4.78 is 5.49. The number of hydrogen-bond donors (Lipinski definition) is 1. The van der Waals surface area contributed by atoms with Crippen LogP contribution in [0.5, 0.6) is 0 Å². The molecule has 0 bridgehead atoms. The molecule has 1 atom stereocenters. The zero-order valence-corrected chi connectivity index (χ0v) is 11.7. The van der Waals surface area contributed by atoms with Crippen molar-refractivity contribution in [3.05, 3.63) is 60.1 Å². The molecule has 0 aliphatic carbocycles. The normalized spacial score (nSPS) is 12.8. The Morgan fingerprint density at radius 1 is 1.11 bits per heavy atom. The van der Waals surface area contributed by atoms with E-state index in [1.807, 2.05) is 12.1 Å². The first-order valence-corrected chi connectivity index (χ1v) is 6.72. The first kappa shape index (κ1) is 13.8. The first-order valence-electron chi connectivity index (χ1n) is 6.72. The Labute approximate surface area is 115 Å². The monoisotopic (exact) mass is 258 g/mol. The van der Waals surface area contributed by atoms with Gasteiger partial charge in [0, 0.05) is 6.54 Å². The lowest BCUT2D eigenvalue weighted by Crippen LogP contribution is -2.31. The van der Waals surface area contributed by atoms with Crippen molar-refractivity contribution in [3.63, 3.8) is 0 Å². The second kappa shape index (κ2) is 7.12. The molecule has 0 amide bonds. The van der Waals surface area contributed by atoms with Crippen LogP contribution in [0, 0.1) is 0 Å². The van der Waals surface area contributed by atoms with Crippen LogP contribution in [-0.2, 0) is 6.42 Å². The molecule has 1 aromatic heterocycles. The number of rotatable bonds is 7.